The number of benzene rings is 2. The fourth-order valence-corrected chi connectivity index (χ4v) is 3.95. The quantitative estimate of drug-likeness (QED) is 0.268. The fraction of sp³-hybridized carbons (Fsp3) is 0.407. The van der Waals surface area contributed by atoms with Crippen LogP contribution in [0.5, 0.6) is 5.75 Å². The second kappa shape index (κ2) is 12.4. The molecule has 0 radical (unpaired) electrons. The second-order valence-corrected chi connectivity index (χ2v) is 9.64. The van der Waals surface area contributed by atoms with Gasteiger partial charge < -0.3 is 31.5 Å². The van der Waals surface area contributed by atoms with Gasteiger partial charge >= 0.3 is 0 Å². The highest BCUT2D eigenvalue weighted by molar-refractivity contribution is 5.97. The molecule has 0 spiro atoms. The molecular formula is C27H34N4O6. The molecule has 6 N–H and O–H groups in total. The molecule has 1 aliphatic rings. The molecule has 10 heteroatoms. The van der Waals surface area contributed by atoms with E-state index in [9.17, 15) is 24.3 Å². The molecule has 0 aliphatic carbocycles. The first-order valence-electron chi connectivity index (χ1n) is 12.2. The zero-order chi connectivity index (χ0) is 27.1. The van der Waals surface area contributed by atoms with Crippen LogP contribution in [0.1, 0.15) is 44.4 Å². The number of hydrogen-bond acceptors (Lipinski definition) is 6. The molecule has 2 aromatic rings. The molecule has 0 bridgehead atoms. The van der Waals surface area contributed by atoms with Gasteiger partial charge in [-0.3, -0.25) is 19.2 Å². The van der Waals surface area contributed by atoms with Gasteiger partial charge in [0.25, 0.3) is 11.8 Å². The highest BCUT2D eigenvalue weighted by Gasteiger charge is 2.51. The predicted octanol–water partition coefficient (Wildman–Crippen LogP) is 1.08. The standard InChI is InChI=1S/C27H34N4O6/c1-15(2)13-21(25(34)30-20(24(28)33)14-17-9-11-19(32)12-10-17)31-27(36)23-22(37-23)26(35)29-16(3)18-7-5-4-6-8-18/h4-12,15-16,20-23,32H,13-14H2,1-3H3,(H2,28,33)(H,29,35)(H,30,34)(H,31,36)/t16-,20-,21-,22+,23?/m0/s1. The van der Waals surface area contributed by atoms with Crippen molar-refractivity contribution < 1.29 is 29.0 Å². The number of primary amides is 1. The van der Waals surface area contributed by atoms with Crippen molar-refractivity contribution in [3.8, 4) is 5.75 Å². The number of nitrogens with two attached hydrogens (primary N) is 1. The Hall–Kier alpha value is -3.92. The van der Waals surface area contributed by atoms with Crippen LogP contribution in [0.4, 0.5) is 0 Å². The number of amides is 4. The van der Waals surface area contributed by atoms with Gasteiger partial charge in [0.15, 0.2) is 12.2 Å². The van der Waals surface area contributed by atoms with Gasteiger partial charge in [-0.15, -0.1) is 0 Å². The van der Waals surface area contributed by atoms with E-state index in [1.807, 2.05) is 51.1 Å². The van der Waals surface area contributed by atoms with Crippen LogP contribution in [-0.2, 0) is 30.3 Å². The number of ether oxygens (including phenoxy) is 1. The average molecular weight is 511 g/mol. The summed E-state index contributed by atoms with van der Waals surface area (Å²) in [5, 5.41) is 17.5. The van der Waals surface area contributed by atoms with E-state index < -0.39 is 47.9 Å². The van der Waals surface area contributed by atoms with Crippen molar-refractivity contribution in [2.24, 2.45) is 11.7 Å². The van der Waals surface area contributed by atoms with Gasteiger partial charge in [-0.05, 0) is 42.5 Å². The molecule has 4 amide bonds. The highest BCUT2D eigenvalue weighted by Crippen LogP contribution is 2.24. The maximum Gasteiger partial charge on any atom is 0.253 e. The Morgan fingerprint density at radius 2 is 1.46 bits per heavy atom. The Balaban J connectivity index is 1.58. The number of phenolic OH excluding ortho intramolecular Hbond substituents is 1. The summed E-state index contributed by atoms with van der Waals surface area (Å²) < 4.78 is 5.32. The minimum Gasteiger partial charge on any atom is -0.508 e. The van der Waals surface area contributed by atoms with Crippen molar-refractivity contribution in [3.63, 3.8) is 0 Å². The Bertz CT molecular complexity index is 1110. The van der Waals surface area contributed by atoms with Crippen molar-refractivity contribution >= 4 is 23.6 Å². The summed E-state index contributed by atoms with van der Waals surface area (Å²) >= 11 is 0. The van der Waals surface area contributed by atoms with Crippen LogP contribution in [0.15, 0.2) is 54.6 Å². The van der Waals surface area contributed by atoms with Crippen LogP contribution in [0.3, 0.4) is 0 Å². The van der Waals surface area contributed by atoms with E-state index in [1.165, 1.54) is 12.1 Å². The minimum absolute atomic E-state index is 0.0473. The van der Waals surface area contributed by atoms with Gasteiger partial charge in [0, 0.05) is 6.42 Å². The summed E-state index contributed by atoms with van der Waals surface area (Å²) in [5.74, 6) is -2.17. The minimum atomic E-state index is -1.02. The van der Waals surface area contributed by atoms with E-state index in [0.717, 1.165) is 5.56 Å². The van der Waals surface area contributed by atoms with Crippen molar-refractivity contribution in [2.75, 3.05) is 0 Å². The molecule has 1 unspecified atom stereocenters. The fourth-order valence-electron chi connectivity index (χ4n) is 3.95. The van der Waals surface area contributed by atoms with Crippen LogP contribution in [-0.4, -0.2) is 53.0 Å². The molecule has 0 saturated carbocycles. The zero-order valence-corrected chi connectivity index (χ0v) is 21.1. The van der Waals surface area contributed by atoms with Gasteiger partial charge in [0.05, 0.1) is 6.04 Å². The number of phenols is 1. The van der Waals surface area contributed by atoms with Gasteiger partial charge in [0.2, 0.25) is 11.8 Å². The monoisotopic (exact) mass is 510 g/mol. The Morgan fingerprint density at radius 3 is 2.03 bits per heavy atom. The van der Waals surface area contributed by atoms with E-state index in [-0.39, 0.29) is 24.1 Å². The lowest BCUT2D eigenvalue weighted by Crippen LogP contribution is -2.54. The molecule has 10 nitrogen and oxygen atoms in total. The lowest BCUT2D eigenvalue weighted by Gasteiger charge is -2.23. The largest absolute Gasteiger partial charge is 0.508 e. The summed E-state index contributed by atoms with van der Waals surface area (Å²) in [6, 6.07) is 13.4. The lowest BCUT2D eigenvalue weighted by atomic mass is 10.0. The molecule has 1 fully saturated rings. The van der Waals surface area contributed by atoms with Gasteiger partial charge in [-0.2, -0.15) is 0 Å². The number of hydrogen-bond donors (Lipinski definition) is 5. The zero-order valence-electron chi connectivity index (χ0n) is 21.1. The van der Waals surface area contributed by atoms with Gasteiger partial charge in [-0.1, -0.05) is 56.3 Å². The van der Waals surface area contributed by atoms with E-state index >= 15 is 0 Å². The third-order valence-corrected chi connectivity index (χ3v) is 6.04. The molecule has 1 heterocycles. The topological polar surface area (TPSA) is 163 Å². The SMILES string of the molecule is CC(C)C[C@H](NC(=O)C1O[C@H]1C(=O)N[C@@H](C)c1ccccc1)C(=O)N[C@@H](Cc1ccc(O)cc1)C(N)=O. The summed E-state index contributed by atoms with van der Waals surface area (Å²) in [6.07, 6.45) is -1.52. The second-order valence-electron chi connectivity index (χ2n) is 9.64. The molecule has 37 heavy (non-hydrogen) atoms. The molecule has 2 aromatic carbocycles. The van der Waals surface area contributed by atoms with E-state index in [2.05, 4.69) is 16.0 Å². The highest BCUT2D eigenvalue weighted by atomic mass is 16.6. The first-order chi connectivity index (χ1) is 17.5. The maximum absolute atomic E-state index is 13.0. The van der Waals surface area contributed by atoms with Crippen molar-refractivity contribution in [1.82, 2.24) is 16.0 Å². The Morgan fingerprint density at radius 1 is 0.865 bits per heavy atom. The first-order valence-corrected chi connectivity index (χ1v) is 12.2. The number of nitrogens with one attached hydrogen (secondary N) is 3. The van der Waals surface area contributed by atoms with E-state index in [4.69, 9.17) is 10.5 Å². The summed E-state index contributed by atoms with van der Waals surface area (Å²) in [6.45, 7) is 5.62. The summed E-state index contributed by atoms with van der Waals surface area (Å²) in [5.41, 5.74) is 7.11. The lowest BCUT2D eigenvalue weighted by molar-refractivity contribution is -0.132. The molecule has 198 valence electrons. The molecule has 3 rings (SSSR count). The number of carbonyl (C=O) groups excluding carboxylic acids is 4. The number of epoxide rings is 1. The molecular weight excluding hydrogens is 476 g/mol. The Kier molecular flexibility index (Phi) is 9.24. The number of rotatable bonds is 12. The third-order valence-electron chi connectivity index (χ3n) is 6.04. The van der Waals surface area contributed by atoms with Gasteiger partial charge in [0.1, 0.15) is 17.8 Å². The molecule has 1 aliphatic heterocycles. The van der Waals surface area contributed by atoms with Crippen LogP contribution < -0.4 is 21.7 Å². The molecule has 5 atom stereocenters. The summed E-state index contributed by atoms with van der Waals surface area (Å²) in [4.78, 5) is 50.4. The maximum atomic E-state index is 13.0. The smallest absolute Gasteiger partial charge is 0.253 e. The van der Waals surface area contributed by atoms with Crippen molar-refractivity contribution in [3.05, 3.63) is 65.7 Å². The van der Waals surface area contributed by atoms with Crippen molar-refractivity contribution in [2.45, 2.75) is 63.9 Å². The van der Waals surface area contributed by atoms with Crippen molar-refractivity contribution in [1.29, 1.82) is 0 Å². The number of carbonyl (C=O) groups is 4. The average Bonchev–Trinajstić information content (AvgIpc) is 3.66. The normalized spacial score (nSPS) is 18.8. The van der Waals surface area contributed by atoms with Crippen LogP contribution in [0.2, 0.25) is 0 Å². The summed E-state index contributed by atoms with van der Waals surface area (Å²) in [7, 11) is 0. The predicted molar refractivity (Wildman–Crippen MR) is 136 cm³/mol. The Labute approximate surface area is 216 Å². The third kappa shape index (κ3) is 8.04. The molecule has 0 aromatic heterocycles. The van der Waals surface area contributed by atoms with E-state index in [1.54, 1.807) is 12.1 Å². The van der Waals surface area contributed by atoms with Crippen LogP contribution >= 0.6 is 0 Å². The number of aromatic hydroxyl groups is 1. The first kappa shape index (κ1) is 27.7. The van der Waals surface area contributed by atoms with Crippen LogP contribution in [0.25, 0.3) is 0 Å². The van der Waals surface area contributed by atoms with Gasteiger partial charge in [-0.25, -0.2) is 0 Å². The van der Waals surface area contributed by atoms with E-state index in [0.29, 0.717) is 12.0 Å². The van der Waals surface area contributed by atoms with Crippen LogP contribution in [0, 0.1) is 5.92 Å². The molecule has 1 saturated heterocycles.